The molecule has 1 N–H and O–H groups in total. The third kappa shape index (κ3) is 6.04. The predicted octanol–water partition coefficient (Wildman–Crippen LogP) is 3.17. The fourth-order valence-corrected chi connectivity index (χ4v) is 6.49. The molecular formula is C28H35N5O4S. The predicted molar refractivity (Wildman–Crippen MR) is 146 cm³/mol. The molecule has 0 radical (unpaired) electrons. The molecule has 4 heterocycles. The Hall–Kier alpha value is -2.92. The first kappa shape index (κ1) is 26.7. The summed E-state index contributed by atoms with van der Waals surface area (Å²) in [5.74, 6) is 0.267. The zero-order chi connectivity index (χ0) is 26.5. The molecule has 0 aliphatic carbocycles. The van der Waals surface area contributed by atoms with Gasteiger partial charge in [-0.15, -0.1) is 0 Å². The second-order valence-corrected chi connectivity index (χ2v) is 12.0. The lowest BCUT2D eigenvalue weighted by Gasteiger charge is -2.29. The fourth-order valence-electron chi connectivity index (χ4n) is 5.00. The maximum atomic E-state index is 13.4. The molecule has 0 atom stereocenters. The van der Waals surface area contributed by atoms with Gasteiger partial charge in [-0.1, -0.05) is 13.0 Å². The molecule has 2 aliphatic rings. The maximum Gasteiger partial charge on any atom is 0.252 e. The third-order valence-electron chi connectivity index (χ3n) is 7.37. The zero-order valence-corrected chi connectivity index (χ0v) is 22.6. The number of rotatable bonds is 8. The Morgan fingerprint density at radius 3 is 2.58 bits per heavy atom. The molecule has 2 aliphatic heterocycles. The van der Waals surface area contributed by atoms with E-state index in [1.54, 1.807) is 34.8 Å². The molecule has 0 saturated carbocycles. The highest BCUT2D eigenvalue weighted by Gasteiger charge is 2.29. The lowest BCUT2D eigenvalue weighted by molar-refractivity contribution is 0.0374. The number of carbonyl (C=O) groups is 1. The molecule has 10 heteroatoms. The number of nitrogens with zero attached hydrogens (tertiary/aromatic N) is 4. The van der Waals surface area contributed by atoms with Crippen molar-refractivity contribution in [1.82, 2.24) is 24.5 Å². The maximum absolute atomic E-state index is 13.4. The molecular weight excluding hydrogens is 502 g/mol. The number of pyridine rings is 2. The summed E-state index contributed by atoms with van der Waals surface area (Å²) in [6.07, 6.45) is 4.19. The van der Waals surface area contributed by atoms with Crippen LogP contribution < -0.4 is 5.32 Å². The summed E-state index contributed by atoms with van der Waals surface area (Å²) in [6, 6.07) is 12.1. The number of aromatic nitrogens is 2. The van der Waals surface area contributed by atoms with Crippen molar-refractivity contribution in [3.05, 3.63) is 54.2 Å². The Bertz CT molecular complexity index is 1370. The van der Waals surface area contributed by atoms with Gasteiger partial charge in [-0.2, -0.15) is 4.31 Å². The highest BCUT2D eigenvalue weighted by Crippen LogP contribution is 2.29. The highest BCUT2D eigenvalue weighted by molar-refractivity contribution is 7.89. The van der Waals surface area contributed by atoms with E-state index < -0.39 is 10.0 Å². The summed E-state index contributed by atoms with van der Waals surface area (Å²) in [7, 11) is -3.67. The van der Waals surface area contributed by atoms with Gasteiger partial charge in [-0.25, -0.2) is 13.4 Å². The van der Waals surface area contributed by atoms with Gasteiger partial charge in [-0.3, -0.25) is 14.7 Å². The third-order valence-corrected chi connectivity index (χ3v) is 9.27. The molecule has 38 heavy (non-hydrogen) atoms. The van der Waals surface area contributed by atoms with Crippen molar-refractivity contribution >= 4 is 26.8 Å². The van der Waals surface area contributed by atoms with E-state index in [0.717, 1.165) is 52.1 Å². The highest BCUT2D eigenvalue weighted by atomic mass is 32.2. The van der Waals surface area contributed by atoms with Gasteiger partial charge < -0.3 is 10.1 Å². The van der Waals surface area contributed by atoms with Crippen molar-refractivity contribution in [2.24, 2.45) is 5.92 Å². The van der Waals surface area contributed by atoms with E-state index >= 15 is 0 Å². The number of piperidine rings is 1. The van der Waals surface area contributed by atoms with Crippen LogP contribution in [0.25, 0.3) is 22.3 Å². The standard InChI is InChI=1S/C28H35N5O4S/c1-21-8-13-33(14-9-21)38(35,36)22-6-7-25-23(19-22)24(20-27(31-25)26-5-2-3-10-29-26)28(34)30-11-4-12-32-15-17-37-18-16-32/h2-3,5-7,10,19-21H,4,8-9,11-18H2,1H3,(H,30,34). The Morgan fingerprint density at radius 1 is 1.05 bits per heavy atom. The number of fused-ring (bicyclic) bond motifs is 1. The first-order valence-electron chi connectivity index (χ1n) is 13.4. The van der Waals surface area contributed by atoms with Gasteiger partial charge in [0, 0.05) is 44.3 Å². The monoisotopic (exact) mass is 537 g/mol. The molecule has 0 bridgehead atoms. The SMILES string of the molecule is CC1CCN(S(=O)(=O)c2ccc3nc(-c4ccccn4)cc(C(=O)NCCCN4CCOCC4)c3c2)CC1. The largest absolute Gasteiger partial charge is 0.379 e. The number of sulfonamides is 1. The van der Waals surface area contributed by atoms with E-state index in [1.165, 1.54) is 0 Å². The van der Waals surface area contributed by atoms with Gasteiger partial charge in [0.15, 0.2) is 0 Å². The van der Waals surface area contributed by atoms with Crippen LogP contribution in [0.15, 0.2) is 53.6 Å². The van der Waals surface area contributed by atoms with E-state index in [4.69, 9.17) is 9.72 Å². The van der Waals surface area contributed by atoms with Gasteiger partial charge in [0.05, 0.1) is 40.6 Å². The van der Waals surface area contributed by atoms with Crippen LogP contribution in [0.2, 0.25) is 0 Å². The summed E-state index contributed by atoms with van der Waals surface area (Å²) >= 11 is 0. The van der Waals surface area contributed by atoms with E-state index in [9.17, 15) is 13.2 Å². The number of ether oxygens (including phenoxy) is 1. The number of nitrogens with one attached hydrogen (secondary N) is 1. The Labute approximate surface area is 224 Å². The van der Waals surface area contributed by atoms with Gasteiger partial charge in [0.25, 0.3) is 5.91 Å². The number of hydrogen-bond acceptors (Lipinski definition) is 7. The van der Waals surface area contributed by atoms with E-state index in [-0.39, 0.29) is 10.8 Å². The quantitative estimate of drug-likeness (QED) is 0.440. The number of hydrogen-bond donors (Lipinski definition) is 1. The molecule has 3 aromatic rings. The Kier molecular flexibility index (Phi) is 8.32. The second-order valence-electron chi connectivity index (χ2n) is 10.1. The van der Waals surface area contributed by atoms with E-state index in [2.05, 4.69) is 22.1 Å². The number of carbonyl (C=O) groups excluding carboxylic acids is 1. The molecule has 5 rings (SSSR count). The van der Waals surface area contributed by atoms with Crippen molar-refractivity contribution < 1.29 is 17.9 Å². The van der Waals surface area contributed by atoms with Gasteiger partial charge in [0.1, 0.15) is 0 Å². The number of morpholine rings is 1. The average molecular weight is 538 g/mol. The molecule has 202 valence electrons. The van der Waals surface area contributed by atoms with Crippen LogP contribution in [0.4, 0.5) is 0 Å². The lowest BCUT2D eigenvalue weighted by atomic mass is 10.0. The summed E-state index contributed by atoms with van der Waals surface area (Å²) in [5.41, 5.74) is 2.16. The Balaban J connectivity index is 1.43. The normalized spacial score (nSPS) is 18.0. The van der Waals surface area contributed by atoms with Crippen molar-refractivity contribution in [2.75, 3.05) is 52.5 Å². The topological polar surface area (TPSA) is 105 Å². The van der Waals surface area contributed by atoms with Crippen molar-refractivity contribution in [2.45, 2.75) is 31.1 Å². The van der Waals surface area contributed by atoms with Crippen LogP contribution >= 0.6 is 0 Å². The molecule has 2 aromatic heterocycles. The van der Waals surface area contributed by atoms with E-state index in [0.29, 0.717) is 53.4 Å². The van der Waals surface area contributed by atoms with Crippen LogP contribution in [-0.2, 0) is 14.8 Å². The van der Waals surface area contributed by atoms with Gasteiger partial charge in [-0.05, 0) is 68.1 Å². The van der Waals surface area contributed by atoms with Gasteiger partial charge in [0.2, 0.25) is 10.0 Å². The minimum absolute atomic E-state index is 0.188. The molecule has 0 spiro atoms. The van der Waals surface area contributed by atoms with Crippen LogP contribution in [-0.4, -0.2) is 86.0 Å². The summed E-state index contributed by atoms with van der Waals surface area (Å²) in [6.45, 7) is 7.87. The molecule has 0 unspecified atom stereocenters. The van der Waals surface area contributed by atoms with Gasteiger partial charge >= 0.3 is 0 Å². The summed E-state index contributed by atoms with van der Waals surface area (Å²) < 4.78 is 33.8. The van der Waals surface area contributed by atoms with Crippen LogP contribution in [0, 0.1) is 5.92 Å². The van der Waals surface area contributed by atoms with Crippen molar-refractivity contribution in [3.8, 4) is 11.4 Å². The molecule has 2 fully saturated rings. The second kappa shape index (κ2) is 11.9. The lowest BCUT2D eigenvalue weighted by Crippen LogP contribution is -2.38. The fraction of sp³-hybridized carbons (Fsp3) is 0.464. The number of benzene rings is 1. The van der Waals surface area contributed by atoms with Crippen LogP contribution in [0.1, 0.15) is 36.5 Å². The number of amides is 1. The average Bonchev–Trinajstić information content (AvgIpc) is 2.95. The smallest absolute Gasteiger partial charge is 0.252 e. The molecule has 1 amide bonds. The van der Waals surface area contributed by atoms with Crippen LogP contribution in [0.5, 0.6) is 0 Å². The Morgan fingerprint density at radius 2 is 1.84 bits per heavy atom. The van der Waals surface area contributed by atoms with E-state index in [1.807, 2.05) is 18.2 Å². The molecule has 9 nitrogen and oxygen atoms in total. The summed E-state index contributed by atoms with van der Waals surface area (Å²) in [5, 5.41) is 3.55. The zero-order valence-electron chi connectivity index (χ0n) is 21.8. The minimum Gasteiger partial charge on any atom is -0.379 e. The molecule has 2 saturated heterocycles. The molecule has 1 aromatic carbocycles. The summed E-state index contributed by atoms with van der Waals surface area (Å²) in [4.78, 5) is 25.1. The first-order valence-corrected chi connectivity index (χ1v) is 14.8. The van der Waals surface area contributed by atoms with Crippen LogP contribution in [0.3, 0.4) is 0 Å². The van der Waals surface area contributed by atoms with Crippen molar-refractivity contribution in [3.63, 3.8) is 0 Å². The first-order chi connectivity index (χ1) is 18.4. The van der Waals surface area contributed by atoms with Crippen molar-refractivity contribution in [1.29, 1.82) is 0 Å². The minimum atomic E-state index is -3.67.